The summed E-state index contributed by atoms with van der Waals surface area (Å²) >= 11 is 7.55. The highest BCUT2D eigenvalue weighted by Crippen LogP contribution is 2.36. The number of nitrogens with one attached hydrogen (secondary N) is 1. The maximum absolute atomic E-state index is 6.26. The molecule has 128 valence electrons. The van der Waals surface area contributed by atoms with Gasteiger partial charge in [-0.05, 0) is 37.3 Å². The maximum Gasteiger partial charge on any atom is 0.158 e. The molecule has 1 aromatic heterocycles. The highest BCUT2D eigenvalue weighted by Gasteiger charge is 2.12. The van der Waals surface area contributed by atoms with Crippen molar-refractivity contribution in [1.29, 1.82) is 0 Å². The Morgan fingerprint density at radius 3 is 2.60 bits per heavy atom. The number of aromatic nitrogens is 2. The van der Waals surface area contributed by atoms with E-state index in [1.807, 2.05) is 19.1 Å². The Kier molecular flexibility index (Phi) is 5.31. The molecular weight excluding hydrogens is 356 g/mol. The van der Waals surface area contributed by atoms with E-state index >= 15 is 0 Å². The van der Waals surface area contributed by atoms with Crippen molar-refractivity contribution in [3.05, 3.63) is 59.4 Å². The molecule has 0 unspecified atom stereocenters. The van der Waals surface area contributed by atoms with E-state index in [-0.39, 0.29) is 0 Å². The Labute approximate surface area is 155 Å². The second kappa shape index (κ2) is 7.63. The summed E-state index contributed by atoms with van der Waals surface area (Å²) in [5.74, 6) is 1.15. The number of anilines is 3. The average Bonchev–Trinajstić information content (AvgIpc) is 2.60. The molecule has 0 aliphatic carbocycles. The van der Waals surface area contributed by atoms with Gasteiger partial charge in [0.05, 0.1) is 12.8 Å². The largest absolute Gasteiger partial charge is 0.495 e. The SMILES string of the molecule is COc1ccc(Cl)cc1Nc1ncnc(Sc2ccc(C)cc2)c1N. The van der Waals surface area contributed by atoms with Crippen LogP contribution in [-0.2, 0) is 0 Å². The van der Waals surface area contributed by atoms with Gasteiger partial charge in [-0.2, -0.15) is 0 Å². The monoisotopic (exact) mass is 372 g/mol. The lowest BCUT2D eigenvalue weighted by Crippen LogP contribution is -2.03. The number of aryl methyl sites for hydroxylation is 1. The first-order chi connectivity index (χ1) is 12.1. The fourth-order valence-corrected chi connectivity index (χ4v) is 3.16. The molecule has 0 saturated carbocycles. The quantitative estimate of drug-likeness (QED) is 0.619. The Bertz CT molecular complexity index is 887. The lowest BCUT2D eigenvalue weighted by Gasteiger charge is -2.13. The first-order valence-corrected chi connectivity index (χ1v) is 8.72. The van der Waals surface area contributed by atoms with Gasteiger partial charge in [0.15, 0.2) is 5.82 Å². The summed E-state index contributed by atoms with van der Waals surface area (Å²) in [5, 5.41) is 4.44. The first kappa shape index (κ1) is 17.4. The minimum Gasteiger partial charge on any atom is -0.495 e. The molecule has 5 nitrogen and oxygen atoms in total. The van der Waals surface area contributed by atoms with Crippen LogP contribution in [0, 0.1) is 6.92 Å². The third kappa shape index (κ3) is 4.15. The van der Waals surface area contributed by atoms with Gasteiger partial charge in [0.2, 0.25) is 0 Å². The van der Waals surface area contributed by atoms with Gasteiger partial charge in [-0.15, -0.1) is 0 Å². The summed E-state index contributed by atoms with van der Waals surface area (Å²) in [6, 6.07) is 13.5. The highest BCUT2D eigenvalue weighted by molar-refractivity contribution is 7.99. The van der Waals surface area contributed by atoms with Crippen LogP contribution in [0.3, 0.4) is 0 Å². The molecule has 1 heterocycles. The van der Waals surface area contributed by atoms with Crippen molar-refractivity contribution in [3.8, 4) is 5.75 Å². The number of benzene rings is 2. The van der Waals surface area contributed by atoms with Gasteiger partial charge in [0.25, 0.3) is 0 Å². The number of hydrogen-bond acceptors (Lipinski definition) is 6. The first-order valence-electron chi connectivity index (χ1n) is 7.52. The molecule has 3 rings (SSSR count). The minimum absolute atomic E-state index is 0.468. The van der Waals surface area contributed by atoms with Crippen LogP contribution in [0.25, 0.3) is 0 Å². The molecule has 0 amide bonds. The standard InChI is InChI=1S/C18H17ClN4OS/c1-11-3-6-13(7-4-11)25-18-16(20)17(21-10-22-18)23-14-9-12(19)5-8-15(14)24-2/h3-10H,20H2,1-2H3,(H,21,22,23). The van der Waals surface area contributed by atoms with Crippen LogP contribution in [0.1, 0.15) is 5.56 Å². The van der Waals surface area contributed by atoms with E-state index in [1.165, 1.54) is 23.7 Å². The van der Waals surface area contributed by atoms with E-state index in [2.05, 4.69) is 27.4 Å². The smallest absolute Gasteiger partial charge is 0.158 e. The number of methoxy groups -OCH3 is 1. The normalized spacial score (nSPS) is 10.5. The van der Waals surface area contributed by atoms with Gasteiger partial charge >= 0.3 is 0 Å². The lowest BCUT2D eigenvalue weighted by molar-refractivity contribution is 0.417. The van der Waals surface area contributed by atoms with Gasteiger partial charge in [-0.1, -0.05) is 41.1 Å². The van der Waals surface area contributed by atoms with Crippen LogP contribution in [0.4, 0.5) is 17.2 Å². The molecule has 0 saturated heterocycles. The molecule has 0 radical (unpaired) electrons. The van der Waals surface area contributed by atoms with Crippen molar-refractivity contribution in [1.82, 2.24) is 9.97 Å². The molecule has 0 bridgehead atoms. The molecule has 3 N–H and O–H groups in total. The molecule has 0 spiro atoms. The maximum atomic E-state index is 6.26. The number of hydrogen-bond donors (Lipinski definition) is 2. The molecule has 0 atom stereocenters. The number of ether oxygens (including phenoxy) is 1. The van der Waals surface area contributed by atoms with Crippen molar-refractivity contribution in [2.75, 3.05) is 18.2 Å². The highest BCUT2D eigenvalue weighted by atomic mass is 35.5. The van der Waals surface area contributed by atoms with Crippen LogP contribution < -0.4 is 15.8 Å². The second-order valence-corrected chi connectivity index (χ2v) is 6.82. The van der Waals surface area contributed by atoms with Crippen molar-refractivity contribution in [2.45, 2.75) is 16.8 Å². The molecule has 7 heteroatoms. The summed E-state index contributed by atoms with van der Waals surface area (Å²) in [4.78, 5) is 9.58. The van der Waals surface area contributed by atoms with Crippen LogP contribution in [0.2, 0.25) is 5.02 Å². The number of nitrogens with two attached hydrogens (primary N) is 1. The van der Waals surface area contributed by atoms with E-state index in [0.29, 0.717) is 33.0 Å². The van der Waals surface area contributed by atoms with Gasteiger partial charge in [0.1, 0.15) is 22.8 Å². The number of halogens is 1. The molecule has 0 aliphatic heterocycles. The fraction of sp³-hybridized carbons (Fsp3) is 0.111. The van der Waals surface area contributed by atoms with Crippen molar-refractivity contribution < 1.29 is 4.74 Å². The van der Waals surface area contributed by atoms with Crippen molar-refractivity contribution in [3.63, 3.8) is 0 Å². The van der Waals surface area contributed by atoms with Gasteiger partial charge in [-0.3, -0.25) is 0 Å². The van der Waals surface area contributed by atoms with Crippen molar-refractivity contribution in [2.24, 2.45) is 0 Å². The molecule has 0 fully saturated rings. The van der Waals surface area contributed by atoms with E-state index in [9.17, 15) is 0 Å². The molecule has 0 aliphatic rings. The number of rotatable bonds is 5. The summed E-state index contributed by atoms with van der Waals surface area (Å²) in [6.45, 7) is 2.05. The topological polar surface area (TPSA) is 73.1 Å². The average molecular weight is 373 g/mol. The van der Waals surface area contributed by atoms with Crippen molar-refractivity contribution >= 4 is 40.6 Å². The van der Waals surface area contributed by atoms with Crippen LogP contribution >= 0.6 is 23.4 Å². The zero-order valence-electron chi connectivity index (χ0n) is 13.8. The van der Waals surface area contributed by atoms with Crippen LogP contribution in [-0.4, -0.2) is 17.1 Å². The van der Waals surface area contributed by atoms with E-state index in [4.69, 9.17) is 22.1 Å². The Morgan fingerprint density at radius 2 is 1.88 bits per heavy atom. The predicted octanol–water partition coefficient (Wildman–Crippen LogP) is 4.92. The van der Waals surface area contributed by atoms with E-state index in [1.54, 1.807) is 25.3 Å². The van der Waals surface area contributed by atoms with E-state index < -0.39 is 0 Å². The number of nitrogen functional groups attached to an aromatic ring is 1. The van der Waals surface area contributed by atoms with Crippen LogP contribution in [0.5, 0.6) is 5.75 Å². The molecule has 25 heavy (non-hydrogen) atoms. The Balaban J connectivity index is 1.88. The Morgan fingerprint density at radius 1 is 1.12 bits per heavy atom. The summed E-state index contributed by atoms with van der Waals surface area (Å²) < 4.78 is 5.34. The third-order valence-electron chi connectivity index (χ3n) is 3.50. The van der Waals surface area contributed by atoms with Gasteiger partial charge < -0.3 is 15.8 Å². The summed E-state index contributed by atoms with van der Waals surface area (Å²) in [6.07, 6.45) is 1.48. The molecular formula is C18H17ClN4OS. The minimum atomic E-state index is 0.468. The Hall–Kier alpha value is -2.44. The zero-order chi connectivity index (χ0) is 17.8. The van der Waals surface area contributed by atoms with E-state index in [0.717, 1.165) is 4.90 Å². The second-order valence-electron chi connectivity index (χ2n) is 5.33. The summed E-state index contributed by atoms with van der Waals surface area (Å²) in [5.41, 5.74) is 8.61. The molecule has 2 aromatic carbocycles. The fourth-order valence-electron chi connectivity index (χ4n) is 2.18. The number of nitrogens with zero attached hydrogens (tertiary/aromatic N) is 2. The summed E-state index contributed by atoms with van der Waals surface area (Å²) in [7, 11) is 1.59. The van der Waals surface area contributed by atoms with Crippen LogP contribution in [0.15, 0.2) is 58.7 Å². The van der Waals surface area contributed by atoms with Gasteiger partial charge in [0, 0.05) is 9.92 Å². The lowest BCUT2D eigenvalue weighted by atomic mass is 10.2. The molecule has 3 aromatic rings. The zero-order valence-corrected chi connectivity index (χ0v) is 15.4. The third-order valence-corrected chi connectivity index (χ3v) is 4.76. The predicted molar refractivity (Wildman–Crippen MR) is 103 cm³/mol. The van der Waals surface area contributed by atoms with Gasteiger partial charge in [-0.25, -0.2) is 9.97 Å².